The highest BCUT2D eigenvalue weighted by Crippen LogP contribution is 2.68. The molecule has 2 rings (SSSR count). The summed E-state index contributed by atoms with van der Waals surface area (Å²) in [5.74, 6) is 0. The van der Waals surface area contributed by atoms with Crippen molar-refractivity contribution in [2.45, 2.75) is 12.8 Å². The van der Waals surface area contributed by atoms with E-state index >= 15 is 0 Å². The van der Waals surface area contributed by atoms with Gasteiger partial charge in [0.2, 0.25) is 0 Å². The van der Waals surface area contributed by atoms with E-state index in [4.69, 9.17) is 9.35 Å². The lowest BCUT2D eigenvalue weighted by Crippen LogP contribution is -1.92. The molecule has 0 aromatic carbocycles. The fraction of sp³-hybridized carbons (Fsp3) is 1.00. The molecule has 0 unspecified atom stereocenters. The van der Waals surface area contributed by atoms with Crippen molar-refractivity contribution in [3.8, 4) is 0 Å². The molecule has 0 aliphatic carbocycles. The minimum atomic E-state index is -1.64. The number of rotatable bonds is 0. The molecule has 2 aliphatic heterocycles. The van der Waals surface area contributed by atoms with Crippen LogP contribution in [0.4, 0.5) is 0 Å². The molecule has 9 heavy (non-hydrogen) atoms. The summed E-state index contributed by atoms with van der Waals surface area (Å²) in [6, 6.07) is 0. The van der Waals surface area contributed by atoms with E-state index in [9.17, 15) is 0 Å². The Balaban J connectivity index is 2.04. The van der Waals surface area contributed by atoms with Crippen LogP contribution >= 0.6 is 7.72 Å². The van der Waals surface area contributed by atoms with E-state index in [1.165, 1.54) is 12.8 Å². The van der Waals surface area contributed by atoms with Gasteiger partial charge < -0.3 is 0 Å². The van der Waals surface area contributed by atoms with E-state index in [2.05, 4.69) is 10.1 Å². The number of hydrogen-bond donors (Lipinski definition) is 0. The quantitative estimate of drug-likeness (QED) is 0.388. The first-order chi connectivity index (χ1) is 4.41. The van der Waals surface area contributed by atoms with Gasteiger partial charge in [0.15, 0.2) is 0 Å². The summed E-state index contributed by atoms with van der Waals surface area (Å²) in [4.78, 5) is 0. The highest BCUT2D eigenvalue weighted by atomic mass is 31.2. The lowest BCUT2D eigenvalue weighted by molar-refractivity contribution is -0.532. The second-order valence-corrected chi connectivity index (χ2v) is 5.08. The van der Waals surface area contributed by atoms with Crippen molar-refractivity contribution >= 4 is 7.72 Å². The van der Waals surface area contributed by atoms with Crippen molar-refractivity contribution in [3.63, 3.8) is 0 Å². The van der Waals surface area contributed by atoms with E-state index in [0.29, 0.717) is 0 Å². The average Bonchev–Trinajstić information content (AvgIpc) is 2.45. The van der Waals surface area contributed by atoms with Crippen LogP contribution in [-0.4, -0.2) is 12.3 Å². The molecular weight excluding hydrogens is 143 g/mol. The van der Waals surface area contributed by atoms with Crippen LogP contribution in [0, 0.1) is 0 Å². The first-order valence-corrected chi connectivity index (χ1v) is 4.99. The summed E-state index contributed by atoms with van der Waals surface area (Å²) >= 11 is 0. The van der Waals surface area contributed by atoms with Gasteiger partial charge in [0.25, 0.3) is 0 Å². The van der Waals surface area contributed by atoms with Gasteiger partial charge in [0.1, 0.15) is 12.3 Å². The summed E-state index contributed by atoms with van der Waals surface area (Å²) < 4.78 is 9.74. The van der Waals surface area contributed by atoms with Gasteiger partial charge in [-0.25, -0.2) is 0 Å². The van der Waals surface area contributed by atoms with Gasteiger partial charge in [-0.15, -0.1) is 0 Å². The smallest absolute Gasteiger partial charge is 0.0140 e. The van der Waals surface area contributed by atoms with Crippen LogP contribution < -0.4 is 0 Å². The van der Waals surface area contributed by atoms with Crippen LogP contribution in [0.1, 0.15) is 12.8 Å². The number of hydrogen-bond acceptors (Lipinski definition) is 4. The Morgan fingerprint density at radius 3 is 2.00 bits per heavy atom. The Labute approximate surface area is 53.3 Å². The lowest BCUT2D eigenvalue weighted by Gasteiger charge is -1.99. The van der Waals surface area contributed by atoms with Crippen LogP contribution in [0.25, 0.3) is 0 Å². The van der Waals surface area contributed by atoms with Gasteiger partial charge in [-0.2, -0.15) is 0 Å². The maximum absolute atomic E-state index is 4.87. The molecule has 4 nitrogen and oxygen atoms in total. The van der Waals surface area contributed by atoms with Crippen LogP contribution in [-0.2, 0) is 19.4 Å². The maximum Gasteiger partial charge on any atom is 0.364 e. The van der Waals surface area contributed by atoms with Gasteiger partial charge >= 0.3 is 7.72 Å². The fourth-order valence-corrected chi connectivity index (χ4v) is 3.34. The SMILES string of the molecule is C1CC[P+]2(C1)OOOO2. The Bertz CT molecular complexity index is 87.6. The highest BCUT2D eigenvalue weighted by molar-refractivity contribution is 7.66. The third kappa shape index (κ3) is 0.974. The standard InChI is InChI=1S/C4H8O4P/c1-2-4-9(3-1)7-5-6-8-9/h1-4H2/q+1. The van der Waals surface area contributed by atoms with Crippen molar-refractivity contribution < 1.29 is 19.4 Å². The van der Waals surface area contributed by atoms with E-state index in [0.717, 1.165) is 12.3 Å². The lowest BCUT2D eigenvalue weighted by atomic mass is 10.4. The van der Waals surface area contributed by atoms with Gasteiger partial charge in [0, 0.05) is 10.1 Å². The normalized spacial score (nSPS) is 32.0. The van der Waals surface area contributed by atoms with Crippen LogP contribution in [0.3, 0.4) is 0 Å². The Morgan fingerprint density at radius 1 is 0.889 bits per heavy atom. The zero-order valence-corrected chi connectivity index (χ0v) is 5.80. The van der Waals surface area contributed by atoms with Crippen molar-refractivity contribution in [2.24, 2.45) is 0 Å². The van der Waals surface area contributed by atoms with Crippen LogP contribution in [0.15, 0.2) is 0 Å². The predicted molar refractivity (Wildman–Crippen MR) is 30.2 cm³/mol. The fourth-order valence-electron chi connectivity index (χ4n) is 1.11. The first kappa shape index (κ1) is 6.01. The van der Waals surface area contributed by atoms with Gasteiger partial charge in [-0.3, -0.25) is 0 Å². The molecule has 0 amide bonds. The molecule has 52 valence electrons. The molecule has 0 radical (unpaired) electrons. The third-order valence-electron chi connectivity index (χ3n) is 1.61. The Kier molecular flexibility index (Phi) is 1.43. The molecule has 0 N–H and O–H groups in total. The van der Waals surface area contributed by atoms with E-state index in [1.807, 2.05) is 0 Å². The molecular formula is C4H8O4P+. The van der Waals surface area contributed by atoms with E-state index < -0.39 is 7.72 Å². The van der Waals surface area contributed by atoms with Gasteiger partial charge in [-0.05, 0) is 22.2 Å². The zero-order valence-electron chi connectivity index (χ0n) is 4.91. The second kappa shape index (κ2) is 2.15. The van der Waals surface area contributed by atoms with Crippen molar-refractivity contribution in [1.82, 2.24) is 0 Å². The molecule has 5 heteroatoms. The van der Waals surface area contributed by atoms with E-state index in [-0.39, 0.29) is 0 Å². The molecule has 0 atom stereocenters. The van der Waals surface area contributed by atoms with Crippen molar-refractivity contribution in [1.29, 1.82) is 0 Å². The van der Waals surface area contributed by atoms with Gasteiger partial charge in [0.05, 0.1) is 0 Å². The van der Waals surface area contributed by atoms with Gasteiger partial charge in [-0.1, -0.05) is 0 Å². The predicted octanol–water partition coefficient (Wildman–Crippen LogP) is 1.45. The molecule has 2 fully saturated rings. The summed E-state index contributed by atoms with van der Waals surface area (Å²) in [6.45, 7) is 0. The topological polar surface area (TPSA) is 36.9 Å². The second-order valence-electron chi connectivity index (χ2n) is 2.25. The van der Waals surface area contributed by atoms with Crippen LogP contribution in [0.5, 0.6) is 0 Å². The maximum atomic E-state index is 4.87. The summed E-state index contributed by atoms with van der Waals surface area (Å²) in [5.41, 5.74) is 0. The van der Waals surface area contributed by atoms with E-state index in [1.54, 1.807) is 0 Å². The van der Waals surface area contributed by atoms with Crippen molar-refractivity contribution in [3.05, 3.63) is 0 Å². The largest absolute Gasteiger partial charge is 0.364 e. The molecule has 2 aliphatic rings. The molecule has 0 aromatic rings. The summed E-state index contributed by atoms with van der Waals surface area (Å²) in [6.07, 6.45) is 4.29. The summed E-state index contributed by atoms with van der Waals surface area (Å²) in [5, 5.41) is 8.42. The minimum absolute atomic E-state index is 0.979. The Hall–Kier alpha value is 0.270. The zero-order chi connectivity index (χ0) is 6.16. The van der Waals surface area contributed by atoms with Crippen molar-refractivity contribution in [2.75, 3.05) is 12.3 Å². The molecule has 0 saturated carbocycles. The molecule has 1 spiro atoms. The molecule has 0 bridgehead atoms. The molecule has 2 heterocycles. The summed E-state index contributed by atoms with van der Waals surface area (Å²) in [7, 11) is -1.64. The molecule has 2 saturated heterocycles. The first-order valence-electron chi connectivity index (χ1n) is 3.00. The monoisotopic (exact) mass is 151 g/mol. The van der Waals surface area contributed by atoms with Crippen LogP contribution in [0.2, 0.25) is 0 Å². The highest BCUT2D eigenvalue weighted by Gasteiger charge is 2.55. The third-order valence-corrected chi connectivity index (χ3v) is 4.27. The minimum Gasteiger partial charge on any atom is -0.0140 e. The average molecular weight is 151 g/mol. The molecule has 0 aromatic heterocycles. The Morgan fingerprint density at radius 2 is 1.44 bits per heavy atom.